The van der Waals surface area contributed by atoms with E-state index in [0.29, 0.717) is 24.0 Å². The number of rotatable bonds is 6. The number of carbonyl (C=O) groups is 2. The zero-order valence-electron chi connectivity index (χ0n) is 17.8. The number of hydrogen-bond donors (Lipinski definition) is 1. The van der Waals surface area contributed by atoms with Gasteiger partial charge in [0.25, 0.3) is 5.91 Å². The largest absolute Gasteiger partial charge is 0.341 e. The molecule has 1 aliphatic rings. The highest BCUT2D eigenvalue weighted by molar-refractivity contribution is 5.95. The van der Waals surface area contributed by atoms with Gasteiger partial charge in [0.1, 0.15) is 6.17 Å². The average Bonchev–Trinajstić information content (AvgIpc) is 3.00. The monoisotopic (exact) mass is 404 g/mol. The molecule has 0 radical (unpaired) electrons. The number of unbranched alkanes of at least 4 members (excludes halogenated alkanes) is 1. The maximum Gasteiger partial charge on any atom is 0.319 e. The molecule has 2 aromatic carbocycles. The van der Waals surface area contributed by atoms with Crippen LogP contribution in [0.1, 0.15) is 42.9 Å². The molecule has 6 nitrogen and oxygen atoms in total. The standard InChI is InChI=1S/C24H28N4O2/c1-4-5-11-21-27(3)22(29)24(28(21)23(30)26-2,16-18-9-7-6-8-10-18)20-14-12-19(17-25)13-15-20/h6-10,12-15,21H,4-5,11,16H2,1-3H3,(H,26,30). The molecule has 1 aliphatic heterocycles. The molecule has 1 N–H and O–H groups in total. The lowest BCUT2D eigenvalue weighted by Gasteiger charge is -2.38. The van der Waals surface area contributed by atoms with Gasteiger partial charge in [-0.25, -0.2) is 4.79 Å². The summed E-state index contributed by atoms with van der Waals surface area (Å²) in [5, 5.41) is 11.9. The molecule has 1 saturated heterocycles. The van der Waals surface area contributed by atoms with E-state index in [1.165, 1.54) is 0 Å². The van der Waals surface area contributed by atoms with Gasteiger partial charge in [0, 0.05) is 20.5 Å². The van der Waals surface area contributed by atoms with Gasteiger partial charge in [-0.1, -0.05) is 55.8 Å². The molecule has 0 aromatic heterocycles. The lowest BCUT2D eigenvalue weighted by atomic mass is 9.82. The van der Waals surface area contributed by atoms with Crippen molar-refractivity contribution in [3.8, 4) is 6.07 Å². The highest BCUT2D eigenvalue weighted by Gasteiger charge is 2.58. The SMILES string of the molecule is CCCCC1N(C)C(=O)C(Cc2ccccc2)(c2ccc(C#N)cc2)N1C(=O)NC. The summed E-state index contributed by atoms with van der Waals surface area (Å²) in [6.45, 7) is 2.10. The maximum atomic E-state index is 13.8. The van der Waals surface area contributed by atoms with E-state index in [1.54, 1.807) is 48.2 Å². The third-order valence-corrected chi connectivity index (χ3v) is 5.87. The summed E-state index contributed by atoms with van der Waals surface area (Å²) in [6, 6.07) is 18.6. The summed E-state index contributed by atoms with van der Waals surface area (Å²) < 4.78 is 0. The van der Waals surface area contributed by atoms with E-state index in [1.807, 2.05) is 30.3 Å². The van der Waals surface area contributed by atoms with Crippen LogP contribution >= 0.6 is 0 Å². The summed E-state index contributed by atoms with van der Waals surface area (Å²) in [7, 11) is 3.36. The third kappa shape index (κ3) is 3.63. The van der Waals surface area contributed by atoms with Gasteiger partial charge < -0.3 is 10.2 Å². The average molecular weight is 405 g/mol. The summed E-state index contributed by atoms with van der Waals surface area (Å²) in [5.74, 6) is -0.110. The Balaban J connectivity index is 2.21. The molecule has 3 rings (SSSR count). The maximum absolute atomic E-state index is 13.8. The molecule has 2 unspecified atom stereocenters. The van der Waals surface area contributed by atoms with Crippen LogP contribution in [0, 0.1) is 11.3 Å². The minimum absolute atomic E-state index is 0.110. The van der Waals surface area contributed by atoms with E-state index >= 15 is 0 Å². The number of nitrogens with one attached hydrogen (secondary N) is 1. The Morgan fingerprint density at radius 2 is 1.83 bits per heavy atom. The Kier molecular flexibility index (Phi) is 6.41. The quantitative estimate of drug-likeness (QED) is 0.799. The number of carbonyl (C=O) groups excluding carboxylic acids is 2. The molecule has 0 saturated carbocycles. The zero-order chi connectivity index (χ0) is 21.7. The number of benzene rings is 2. The van der Waals surface area contributed by atoms with Gasteiger partial charge in [-0.2, -0.15) is 5.26 Å². The molecular formula is C24H28N4O2. The molecule has 1 heterocycles. The van der Waals surface area contributed by atoms with Crippen LogP contribution in [0.3, 0.4) is 0 Å². The van der Waals surface area contributed by atoms with E-state index in [4.69, 9.17) is 0 Å². The lowest BCUT2D eigenvalue weighted by molar-refractivity contribution is -0.133. The van der Waals surface area contributed by atoms with Gasteiger partial charge >= 0.3 is 6.03 Å². The lowest BCUT2D eigenvalue weighted by Crippen LogP contribution is -2.55. The summed E-state index contributed by atoms with van der Waals surface area (Å²) in [6.07, 6.45) is 2.61. The molecule has 156 valence electrons. The van der Waals surface area contributed by atoms with E-state index in [2.05, 4.69) is 18.3 Å². The van der Waals surface area contributed by atoms with Crippen molar-refractivity contribution in [3.05, 3.63) is 71.3 Å². The third-order valence-electron chi connectivity index (χ3n) is 5.87. The van der Waals surface area contributed by atoms with Crippen LogP contribution in [0.4, 0.5) is 4.79 Å². The molecule has 2 aromatic rings. The number of hydrogen-bond acceptors (Lipinski definition) is 3. The normalized spacial score (nSPS) is 20.9. The fraction of sp³-hybridized carbons (Fsp3) is 0.375. The van der Waals surface area contributed by atoms with Gasteiger partial charge in [-0.05, 0) is 36.1 Å². The minimum atomic E-state index is -1.18. The van der Waals surface area contributed by atoms with Gasteiger partial charge in [-0.3, -0.25) is 9.69 Å². The fourth-order valence-corrected chi connectivity index (χ4v) is 4.33. The summed E-state index contributed by atoms with van der Waals surface area (Å²) in [5.41, 5.74) is 1.02. The van der Waals surface area contributed by atoms with Gasteiger partial charge in [-0.15, -0.1) is 0 Å². The van der Waals surface area contributed by atoms with E-state index in [-0.39, 0.29) is 18.1 Å². The molecular weight excluding hydrogens is 376 g/mol. The first-order valence-electron chi connectivity index (χ1n) is 10.3. The Bertz CT molecular complexity index is 936. The Morgan fingerprint density at radius 1 is 1.17 bits per heavy atom. The van der Waals surface area contributed by atoms with Crippen molar-refractivity contribution in [2.45, 2.75) is 44.3 Å². The molecule has 3 amide bonds. The highest BCUT2D eigenvalue weighted by Crippen LogP contribution is 2.43. The first-order chi connectivity index (χ1) is 14.5. The van der Waals surface area contributed by atoms with Crippen LogP contribution in [0.2, 0.25) is 0 Å². The number of likely N-dealkylation sites (N-methyl/N-ethyl adjacent to an activating group) is 1. The summed E-state index contributed by atoms with van der Waals surface area (Å²) >= 11 is 0. The second kappa shape index (κ2) is 9.00. The zero-order valence-corrected chi connectivity index (χ0v) is 17.8. The molecule has 0 spiro atoms. The van der Waals surface area contributed by atoms with Gasteiger partial charge in [0.05, 0.1) is 11.6 Å². The topological polar surface area (TPSA) is 76.4 Å². The van der Waals surface area contributed by atoms with Crippen LogP contribution in [-0.4, -0.2) is 42.0 Å². The van der Waals surface area contributed by atoms with Gasteiger partial charge in [0.15, 0.2) is 5.54 Å². The first kappa shape index (κ1) is 21.4. The number of urea groups is 1. The van der Waals surface area contributed by atoms with Gasteiger partial charge in [0.2, 0.25) is 0 Å². The van der Waals surface area contributed by atoms with Crippen molar-refractivity contribution in [3.63, 3.8) is 0 Å². The van der Waals surface area contributed by atoms with Crippen LogP contribution < -0.4 is 5.32 Å². The number of nitriles is 1. The van der Waals surface area contributed by atoms with E-state index < -0.39 is 5.54 Å². The highest BCUT2D eigenvalue weighted by atomic mass is 16.2. The predicted octanol–water partition coefficient (Wildman–Crippen LogP) is 3.63. The molecule has 0 bridgehead atoms. The molecule has 6 heteroatoms. The summed E-state index contributed by atoms with van der Waals surface area (Å²) in [4.78, 5) is 30.4. The Hall–Kier alpha value is -3.33. The van der Waals surface area contributed by atoms with Crippen LogP contribution in [0.5, 0.6) is 0 Å². The van der Waals surface area contributed by atoms with Crippen molar-refractivity contribution in [1.29, 1.82) is 5.26 Å². The van der Waals surface area contributed by atoms with Crippen molar-refractivity contribution in [2.24, 2.45) is 0 Å². The second-order valence-corrected chi connectivity index (χ2v) is 7.68. The first-order valence-corrected chi connectivity index (χ1v) is 10.3. The predicted molar refractivity (Wildman–Crippen MR) is 115 cm³/mol. The van der Waals surface area contributed by atoms with Crippen LogP contribution in [0.25, 0.3) is 0 Å². The van der Waals surface area contributed by atoms with Crippen LogP contribution in [0.15, 0.2) is 54.6 Å². The minimum Gasteiger partial charge on any atom is -0.341 e. The van der Waals surface area contributed by atoms with Crippen molar-refractivity contribution >= 4 is 11.9 Å². The van der Waals surface area contributed by atoms with Crippen molar-refractivity contribution in [1.82, 2.24) is 15.1 Å². The fourth-order valence-electron chi connectivity index (χ4n) is 4.33. The van der Waals surface area contributed by atoms with Crippen molar-refractivity contribution < 1.29 is 9.59 Å². The molecule has 2 atom stereocenters. The Morgan fingerprint density at radius 3 is 2.40 bits per heavy atom. The smallest absolute Gasteiger partial charge is 0.319 e. The number of nitrogens with zero attached hydrogens (tertiary/aromatic N) is 3. The number of amides is 3. The Labute approximate surface area is 178 Å². The van der Waals surface area contributed by atoms with E-state index in [9.17, 15) is 14.9 Å². The van der Waals surface area contributed by atoms with Crippen LogP contribution in [-0.2, 0) is 16.8 Å². The second-order valence-electron chi connectivity index (χ2n) is 7.68. The molecule has 0 aliphatic carbocycles. The molecule has 1 fully saturated rings. The van der Waals surface area contributed by atoms with E-state index in [0.717, 1.165) is 18.4 Å². The van der Waals surface area contributed by atoms with Crippen molar-refractivity contribution in [2.75, 3.05) is 14.1 Å². The molecule has 30 heavy (non-hydrogen) atoms.